The number of piperazine rings is 1. The molecule has 0 saturated carbocycles. The molecule has 1 aliphatic carbocycles. The highest BCUT2D eigenvalue weighted by atomic mass is 16.1. The minimum absolute atomic E-state index is 0.0793. The molecule has 1 heterocycles. The lowest BCUT2D eigenvalue weighted by Gasteiger charge is -2.37. The van der Waals surface area contributed by atoms with Crippen LogP contribution in [0.15, 0.2) is 59.9 Å². The van der Waals surface area contributed by atoms with Crippen LogP contribution < -0.4 is 5.32 Å². The number of ketones is 2. The van der Waals surface area contributed by atoms with Crippen LogP contribution in [0.4, 0.5) is 5.69 Å². The summed E-state index contributed by atoms with van der Waals surface area (Å²) >= 11 is 0. The lowest BCUT2D eigenvalue weighted by molar-refractivity contribution is 0.0917. The second-order valence-electron chi connectivity index (χ2n) is 7.21. The van der Waals surface area contributed by atoms with E-state index in [0.29, 0.717) is 22.5 Å². The summed E-state index contributed by atoms with van der Waals surface area (Å²) in [5.41, 5.74) is 3.79. The second kappa shape index (κ2) is 7.00. The molecule has 27 heavy (non-hydrogen) atoms. The molecule has 0 aromatic heterocycles. The van der Waals surface area contributed by atoms with Crippen molar-refractivity contribution >= 4 is 17.3 Å². The number of Topliss-reactive ketones (excluding diaryl/α,β-unsaturated/α-hetero) is 2. The minimum Gasteiger partial charge on any atom is -0.364 e. The molecule has 0 amide bonds. The van der Waals surface area contributed by atoms with Crippen molar-refractivity contribution in [2.24, 2.45) is 0 Å². The van der Waals surface area contributed by atoms with Crippen molar-refractivity contribution in [3.63, 3.8) is 0 Å². The van der Waals surface area contributed by atoms with Gasteiger partial charge in [-0.15, -0.1) is 0 Å². The number of aryl methyl sites for hydroxylation is 1. The summed E-state index contributed by atoms with van der Waals surface area (Å²) in [5.74, 6) is -0.205. The quantitative estimate of drug-likeness (QED) is 0.911. The molecular formula is C22H23N3O2. The van der Waals surface area contributed by atoms with Crippen LogP contribution in [-0.2, 0) is 0 Å². The highest BCUT2D eigenvalue weighted by Crippen LogP contribution is 2.30. The Bertz CT molecular complexity index is 923. The number of hydrogen-bond donors (Lipinski definition) is 1. The van der Waals surface area contributed by atoms with Crippen LogP contribution in [0.25, 0.3) is 0 Å². The van der Waals surface area contributed by atoms with Crippen molar-refractivity contribution in [2.75, 3.05) is 38.5 Å². The van der Waals surface area contributed by atoms with E-state index in [-0.39, 0.29) is 11.6 Å². The van der Waals surface area contributed by atoms with Gasteiger partial charge in [0.2, 0.25) is 11.6 Å². The average Bonchev–Trinajstić information content (AvgIpc) is 2.69. The summed E-state index contributed by atoms with van der Waals surface area (Å²) < 4.78 is 0. The third-order valence-electron chi connectivity index (χ3n) is 5.24. The van der Waals surface area contributed by atoms with Gasteiger partial charge in [0, 0.05) is 43.0 Å². The maximum atomic E-state index is 13.3. The summed E-state index contributed by atoms with van der Waals surface area (Å²) in [6.07, 6.45) is 0. The first-order chi connectivity index (χ1) is 13.0. The highest BCUT2D eigenvalue weighted by molar-refractivity contribution is 6.27. The SMILES string of the molecule is Cc1ccc(NC2=C(N3CCN(C)CC3)C(=O)c3ccccc3C2=O)cc1. The molecule has 0 radical (unpaired) electrons. The molecule has 1 N–H and O–H groups in total. The Labute approximate surface area is 159 Å². The van der Waals surface area contributed by atoms with Gasteiger partial charge in [-0.1, -0.05) is 42.0 Å². The molecule has 0 atom stereocenters. The Balaban J connectivity index is 1.79. The predicted molar refractivity (Wildman–Crippen MR) is 106 cm³/mol. The monoisotopic (exact) mass is 361 g/mol. The summed E-state index contributed by atoms with van der Waals surface area (Å²) in [4.78, 5) is 30.8. The number of nitrogens with zero attached hydrogens (tertiary/aromatic N) is 2. The van der Waals surface area contributed by atoms with Gasteiger partial charge >= 0.3 is 0 Å². The van der Waals surface area contributed by atoms with Gasteiger partial charge in [-0.25, -0.2) is 0 Å². The summed E-state index contributed by atoms with van der Waals surface area (Å²) in [6.45, 7) is 5.21. The van der Waals surface area contributed by atoms with Crippen molar-refractivity contribution in [1.82, 2.24) is 9.80 Å². The van der Waals surface area contributed by atoms with E-state index in [1.807, 2.05) is 42.2 Å². The van der Waals surface area contributed by atoms with E-state index in [2.05, 4.69) is 17.3 Å². The van der Waals surface area contributed by atoms with E-state index in [4.69, 9.17) is 0 Å². The van der Waals surface area contributed by atoms with Crippen LogP contribution >= 0.6 is 0 Å². The number of fused-ring (bicyclic) bond motifs is 1. The van der Waals surface area contributed by atoms with E-state index in [1.165, 1.54) is 0 Å². The van der Waals surface area contributed by atoms with Gasteiger partial charge in [0.05, 0.1) is 0 Å². The molecule has 2 aliphatic rings. The maximum absolute atomic E-state index is 13.3. The van der Waals surface area contributed by atoms with Gasteiger partial charge < -0.3 is 15.1 Å². The smallest absolute Gasteiger partial charge is 0.212 e. The van der Waals surface area contributed by atoms with Gasteiger partial charge in [0.15, 0.2) is 0 Å². The molecule has 2 aromatic rings. The number of carbonyl (C=O) groups excluding carboxylic acids is 2. The number of nitrogens with one attached hydrogen (secondary N) is 1. The van der Waals surface area contributed by atoms with Crippen LogP contribution in [0.2, 0.25) is 0 Å². The molecule has 1 saturated heterocycles. The van der Waals surface area contributed by atoms with Gasteiger partial charge in [0.1, 0.15) is 11.4 Å². The zero-order valence-electron chi connectivity index (χ0n) is 15.7. The fraction of sp³-hybridized carbons (Fsp3) is 0.273. The van der Waals surface area contributed by atoms with Crippen LogP contribution in [0.1, 0.15) is 26.3 Å². The Morgan fingerprint density at radius 1 is 0.815 bits per heavy atom. The van der Waals surface area contributed by atoms with E-state index in [1.54, 1.807) is 18.2 Å². The number of rotatable bonds is 3. The van der Waals surface area contributed by atoms with Gasteiger partial charge in [-0.2, -0.15) is 0 Å². The van der Waals surface area contributed by atoms with Crippen molar-refractivity contribution in [2.45, 2.75) is 6.92 Å². The highest BCUT2D eigenvalue weighted by Gasteiger charge is 2.36. The van der Waals surface area contributed by atoms with E-state index in [9.17, 15) is 9.59 Å². The maximum Gasteiger partial charge on any atom is 0.212 e. The Morgan fingerprint density at radius 3 is 2.04 bits per heavy atom. The first kappa shape index (κ1) is 17.5. The normalized spacial score (nSPS) is 17.9. The average molecular weight is 361 g/mol. The molecule has 0 spiro atoms. The molecule has 5 nitrogen and oxygen atoms in total. The minimum atomic E-state index is -0.125. The van der Waals surface area contributed by atoms with Gasteiger partial charge in [-0.3, -0.25) is 9.59 Å². The van der Waals surface area contributed by atoms with Crippen LogP contribution in [0.5, 0.6) is 0 Å². The first-order valence-corrected chi connectivity index (χ1v) is 9.24. The number of hydrogen-bond acceptors (Lipinski definition) is 5. The summed E-state index contributed by atoms with van der Waals surface area (Å²) in [6, 6.07) is 14.9. The predicted octanol–water partition coefficient (Wildman–Crippen LogP) is 2.95. The van der Waals surface area contributed by atoms with E-state index < -0.39 is 0 Å². The summed E-state index contributed by atoms with van der Waals surface area (Å²) in [5, 5.41) is 3.24. The fourth-order valence-corrected chi connectivity index (χ4v) is 3.59. The van der Waals surface area contributed by atoms with Crippen molar-refractivity contribution < 1.29 is 9.59 Å². The number of benzene rings is 2. The molecular weight excluding hydrogens is 338 g/mol. The third kappa shape index (κ3) is 3.26. The van der Waals surface area contributed by atoms with Gasteiger partial charge in [0.25, 0.3) is 0 Å². The standard InChI is InChI=1S/C22H23N3O2/c1-15-7-9-16(10-8-15)23-19-20(25-13-11-24(2)12-14-25)22(27)18-6-4-3-5-17(18)21(19)26/h3-10,23H,11-14H2,1-2H3. The van der Waals surface area contributed by atoms with Crippen LogP contribution in [0, 0.1) is 6.92 Å². The van der Waals surface area contributed by atoms with Gasteiger partial charge in [-0.05, 0) is 26.1 Å². The first-order valence-electron chi connectivity index (χ1n) is 9.24. The topological polar surface area (TPSA) is 52.6 Å². The number of anilines is 1. The Hall–Kier alpha value is -2.92. The fourth-order valence-electron chi connectivity index (χ4n) is 3.59. The van der Waals surface area contributed by atoms with Crippen molar-refractivity contribution in [3.8, 4) is 0 Å². The number of likely N-dealkylation sites (N-methyl/N-ethyl adjacent to an activating group) is 1. The molecule has 2 aromatic carbocycles. The third-order valence-corrected chi connectivity index (χ3v) is 5.24. The lowest BCUT2D eigenvalue weighted by Crippen LogP contribution is -2.47. The summed E-state index contributed by atoms with van der Waals surface area (Å²) in [7, 11) is 2.07. The van der Waals surface area contributed by atoms with Crippen LogP contribution in [-0.4, -0.2) is 54.6 Å². The molecule has 138 valence electrons. The molecule has 0 unspecified atom stereocenters. The zero-order valence-corrected chi connectivity index (χ0v) is 15.7. The molecule has 1 fully saturated rings. The molecule has 0 bridgehead atoms. The van der Waals surface area contributed by atoms with Crippen molar-refractivity contribution in [3.05, 3.63) is 76.6 Å². The number of allylic oxidation sites excluding steroid dienone is 2. The van der Waals surface area contributed by atoms with Crippen LogP contribution in [0.3, 0.4) is 0 Å². The Kier molecular flexibility index (Phi) is 4.54. The lowest BCUT2D eigenvalue weighted by atomic mass is 9.89. The Morgan fingerprint density at radius 2 is 1.41 bits per heavy atom. The van der Waals surface area contributed by atoms with E-state index >= 15 is 0 Å². The van der Waals surface area contributed by atoms with Crippen molar-refractivity contribution in [1.29, 1.82) is 0 Å². The van der Waals surface area contributed by atoms with E-state index in [0.717, 1.165) is 37.4 Å². The molecule has 1 aliphatic heterocycles. The zero-order chi connectivity index (χ0) is 19.0. The second-order valence-corrected chi connectivity index (χ2v) is 7.21. The largest absolute Gasteiger partial charge is 0.364 e. The number of carbonyl (C=O) groups is 2. The molecule has 5 heteroatoms. The molecule has 4 rings (SSSR count).